The smallest absolute Gasteiger partial charge is 0.00264 e. The van der Waals surface area contributed by atoms with Gasteiger partial charge >= 0.3 is 0 Å². The molecule has 0 aliphatic carbocycles. The van der Waals surface area contributed by atoms with Gasteiger partial charge in [0.05, 0.1) is 0 Å². The predicted molar refractivity (Wildman–Crippen MR) is 202 cm³/mol. The molecule has 0 aliphatic rings. The van der Waals surface area contributed by atoms with Crippen LogP contribution in [0.2, 0.25) is 0 Å². The van der Waals surface area contributed by atoms with E-state index >= 15 is 0 Å². The van der Waals surface area contributed by atoms with Crippen LogP contribution in [0.3, 0.4) is 0 Å². The molecule has 7 aromatic carbocycles. The number of unbranched alkanes of at least 4 members (excludes halogenated alkanes) is 7. The number of fused-ring (bicyclic) bond motifs is 4. The summed E-state index contributed by atoms with van der Waals surface area (Å²) in [6.45, 7) is 0. The molecule has 224 valence electrons. The summed E-state index contributed by atoms with van der Waals surface area (Å²) in [5.41, 5.74) is 6.60. The van der Waals surface area contributed by atoms with Gasteiger partial charge in [0.1, 0.15) is 0 Å². The molecular formula is C44H42S. The lowest BCUT2D eigenvalue weighted by Gasteiger charge is -2.15. The Hall–Kier alpha value is -4.07. The SMILES string of the molecule is SCCCCCCCCCCc1ccc2c(-c3cccc(-c4c5ccccc5cc5cc6ccccc6cc45)c3)cccc2c1. The van der Waals surface area contributed by atoms with Gasteiger partial charge in [0.25, 0.3) is 0 Å². The van der Waals surface area contributed by atoms with E-state index in [1.165, 1.54) is 122 Å². The van der Waals surface area contributed by atoms with Crippen LogP contribution in [0.15, 0.2) is 127 Å². The van der Waals surface area contributed by atoms with E-state index in [9.17, 15) is 0 Å². The summed E-state index contributed by atoms with van der Waals surface area (Å²) in [6.07, 6.45) is 11.8. The molecule has 0 aliphatic heterocycles. The second-order valence-corrected chi connectivity index (χ2v) is 13.1. The van der Waals surface area contributed by atoms with Crippen molar-refractivity contribution < 1.29 is 0 Å². The topological polar surface area (TPSA) is 0 Å². The molecule has 1 heteroatoms. The minimum atomic E-state index is 1.03. The van der Waals surface area contributed by atoms with E-state index in [2.05, 4.69) is 140 Å². The highest BCUT2D eigenvalue weighted by Gasteiger charge is 2.13. The molecule has 0 unspecified atom stereocenters. The zero-order chi connectivity index (χ0) is 30.4. The van der Waals surface area contributed by atoms with E-state index < -0.39 is 0 Å². The van der Waals surface area contributed by atoms with Gasteiger partial charge in [0.15, 0.2) is 0 Å². The number of thiol groups is 1. The van der Waals surface area contributed by atoms with E-state index in [1.54, 1.807) is 0 Å². The molecule has 0 nitrogen and oxygen atoms in total. The fourth-order valence-electron chi connectivity index (χ4n) is 7.15. The van der Waals surface area contributed by atoms with Crippen LogP contribution in [-0.2, 0) is 6.42 Å². The van der Waals surface area contributed by atoms with Crippen molar-refractivity contribution in [1.29, 1.82) is 0 Å². The first-order valence-electron chi connectivity index (χ1n) is 16.9. The number of aryl methyl sites for hydroxylation is 1. The third-order valence-electron chi connectivity index (χ3n) is 9.51. The van der Waals surface area contributed by atoms with Crippen LogP contribution >= 0.6 is 12.6 Å². The van der Waals surface area contributed by atoms with Crippen LogP contribution in [-0.4, -0.2) is 5.75 Å². The third-order valence-corrected chi connectivity index (χ3v) is 9.83. The van der Waals surface area contributed by atoms with Gasteiger partial charge < -0.3 is 0 Å². The van der Waals surface area contributed by atoms with Gasteiger partial charge in [-0.2, -0.15) is 12.6 Å². The maximum atomic E-state index is 4.32. The molecule has 0 aromatic heterocycles. The minimum absolute atomic E-state index is 1.03. The normalized spacial score (nSPS) is 11.7. The molecule has 0 saturated carbocycles. The van der Waals surface area contributed by atoms with Crippen molar-refractivity contribution in [3.8, 4) is 22.3 Å². The number of benzene rings is 7. The van der Waals surface area contributed by atoms with Gasteiger partial charge in [0.2, 0.25) is 0 Å². The summed E-state index contributed by atoms with van der Waals surface area (Å²) in [6, 6.07) is 47.7. The Morgan fingerprint density at radius 1 is 0.378 bits per heavy atom. The summed E-state index contributed by atoms with van der Waals surface area (Å²) in [5.74, 6) is 1.03. The van der Waals surface area contributed by atoms with Crippen LogP contribution in [0, 0.1) is 0 Å². The molecule has 0 bridgehead atoms. The van der Waals surface area contributed by atoms with E-state index in [1.807, 2.05) is 0 Å². The van der Waals surface area contributed by atoms with E-state index in [0.717, 1.165) is 12.2 Å². The Morgan fingerprint density at radius 2 is 1.00 bits per heavy atom. The molecule has 7 aromatic rings. The first-order chi connectivity index (χ1) is 22.3. The average molecular weight is 603 g/mol. The molecule has 0 heterocycles. The van der Waals surface area contributed by atoms with Crippen molar-refractivity contribution in [1.82, 2.24) is 0 Å². The lowest BCUT2D eigenvalue weighted by atomic mass is 9.88. The molecule has 45 heavy (non-hydrogen) atoms. The van der Waals surface area contributed by atoms with Crippen molar-refractivity contribution in [2.24, 2.45) is 0 Å². The largest absolute Gasteiger partial charge is 0.179 e. The first-order valence-corrected chi connectivity index (χ1v) is 17.5. The maximum Gasteiger partial charge on any atom is -0.00264 e. The highest BCUT2D eigenvalue weighted by molar-refractivity contribution is 7.80. The zero-order valence-corrected chi connectivity index (χ0v) is 27.0. The van der Waals surface area contributed by atoms with Gasteiger partial charge in [-0.25, -0.2) is 0 Å². The quantitative estimate of drug-likeness (QED) is 0.0803. The highest BCUT2D eigenvalue weighted by Crippen LogP contribution is 2.40. The number of hydrogen-bond acceptors (Lipinski definition) is 1. The molecule has 0 fully saturated rings. The highest BCUT2D eigenvalue weighted by atomic mass is 32.1. The molecule has 0 saturated heterocycles. The summed E-state index contributed by atoms with van der Waals surface area (Å²) in [5, 5.41) is 10.4. The molecule has 0 atom stereocenters. The summed E-state index contributed by atoms with van der Waals surface area (Å²) in [7, 11) is 0. The fraction of sp³-hybridized carbons (Fsp3) is 0.227. The van der Waals surface area contributed by atoms with Crippen LogP contribution < -0.4 is 0 Å². The lowest BCUT2D eigenvalue weighted by Crippen LogP contribution is -1.89. The molecule has 0 spiro atoms. The van der Waals surface area contributed by atoms with Crippen molar-refractivity contribution >= 4 is 55.7 Å². The minimum Gasteiger partial charge on any atom is -0.179 e. The fourth-order valence-corrected chi connectivity index (χ4v) is 7.38. The monoisotopic (exact) mass is 602 g/mol. The summed E-state index contributed by atoms with van der Waals surface area (Å²) in [4.78, 5) is 0. The second kappa shape index (κ2) is 13.9. The summed E-state index contributed by atoms with van der Waals surface area (Å²) < 4.78 is 0. The number of hydrogen-bond donors (Lipinski definition) is 1. The van der Waals surface area contributed by atoms with Crippen molar-refractivity contribution in [3.05, 3.63) is 133 Å². The van der Waals surface area contributed by atoms with Crippen LogP contribution in [0.4, 0.5) is 0 Å². The number of rotatable bonds is 12. The second-order valence-electron chi connectivity index (χ2n) is 12.6. The van der Waals surface area contributed by atoms with Gasteiger partial charge in [0, 0.05) is 0 Å². The molecule has 0 N–H and O–H groups in total. The first kappa shape index (κ1) is 29.6. The predicted octanol–water partition coefficient (Wildman–Crippen LogP) is 13.2. The van der Waals surface area contributed by atoms with Gasteiger partial charge in [-0.3, -0.25) is 0 Å². The maximum absolute atomic E-state index is 4.32. The third kappa shape index (κ3) is 6.51. The van der Waals surface area contributed by atoms with Crippen LogP contribution in [0.1, 0.15) is 56.9 Å². The standard InChI is InChI=1S/C44H42S/c45-26-12-6-4-2-1-3-5-7-15-32-24-25-41-35(27-32)20-14-23-40(41)36-19-13-21-38(29-36)44-42-22-11-10-18-37(42)30-39-28-33-16-8-9-17-34(33)31-43(39)44/h8-11,13-14,16-25,27-31,45H,1-7,12,15,26H2. The Morgan fingerprint density at radius 3 is 1.82 bits per heavy atom. The molecular weight excluding hydrogens is 561 g/mol. The van der Waals surface area contributed by atoms with Gasteiger partial charge in [-0.1, -0.05) is 142 Å². The van der Waals surface area contributed by atoms with Crippen molar-refractivity contribution in [3.63, 3.8) is 0 Å². The Balaban J connectivity index is 1.18. The summed E-state index contributed by atoms with van der Waals surface area (Å²) >= 11 is 4.32. The Bertz CT molecular complexity index is 2080. The zero-order valence-electron chi connectivity index (χ0n) is 26.1. The van der Waals surface area contributed by atoms with E-state index in [0.29, 0.717) is 0 Å². The lowest BCUT2D eigenvalue weighted by molar-refractivity contribution is 0.577. The van der Waals surface area contributed by atoms with Crippen molar-refractivity contribution in [2.75, 3.05) is 5.75 Å². The van der Waals surface area contributed by atoms with Gasteiger partial charge in [-0.15, -0.1) is 0 Å². The van der Waals surface area contributed by atoms with E-state index in [4.69, 9.17) is 0 Å². The molecule has 0 radical (unpaired) electrons. The van der Waals surface area contributed by atoms with Crippen LogP contribution in [0.25, 0.3) is 65.3 Å². The Kier molecular flexibility index (Phi) is 9.17. The average Bonchev–Trinajstić information content (AvgIpc) is 3.08. The van der Waals surface area contributed by atoms with Crippen molar-refractivity contribution in [2.45, 2.75) is 57.8 Å². The Labute approximate surface area is 273 Å². The molecule has 7 rings (SSSR count). The van der Waals surface area contributed by atoms with Gasteiger partial charge in [-0.05, 0) is 120 Å². The van der Waals surface area contributed by atoms with Crippen LogP contribution in [0.5, 0.6) is 0 Å². The molecule has 0 amide bonds. The van der Waals surface area contributed by atoms with E-state index in [-0.39, 0.29) is 0 Å².